The number of hydrogen-bond donors (Lipinski definition) is 0. The Hall–Kier alpha value is -0.315. The third-order valence-electron chi connectivity index (χ3n) is 3.63. The molecule has 1 aromatic rings. The molecule has 1 aliphatic rings. The quantitative estimate of drug-likeness (QED) is 0.611. The van der Waals surface area contributed by atoms with Crippen molar-refractivity contribution in [2.45, 2.75) is 43.6 Å². The van der Waals surface area contributed by atoms with Gasteiger partial charge in [-0.1, -0.05) is 46.3 Å². The second-order valence-corrected chi connectivity index (χ2v) is 6.42. The maximum absolute atomic E-state index is 6.01. The van der Waals surface area contributed by atoms with Gasteiger partial charge >= 0.3 is 7.12 Å². The molecule has 0 spiro atoms. The minimum Gasteiger partial charge on any atom is -0.402 e. The molecular weight excluding hydrogens is 279 g/mol. The van der Waals surface area contributed by atoms with E-state index in [9.17, 15) is 0 Å². The highest BCUT2D eigenvalue weighted by atomic mass is 79.9. The molecule has 1 aromatic carbocycles. The summed E-state index contributed by atoms with van der Waals surface area (Å²) in [5.41, 5.74) is 0.614. The zero-order valence-electron chi connectivity index (χ0n) is 10.7. The predicted octanol–water partition coefficient (Wildman–Crippen LogP) is 3.75. The van der Waals surface area contributed by atoms with Gasteiger partial charge in [0.1, 0.15) is 0 Å². The van der Waals surface area contributed by atoms with Crippen molar-refractivity contribution < 1.29 is 9.31 Å². The summed E-state index contributed by atoms with van der Waals surface area (Å²) in [4.78, 5) is 0. The van der Waals surface area contributed by atoms with E-state index in [0.717, 1.165) is 0 Å². The first-order chi connectivity index (χ1) is 7.83. The average Bonchev–Trinajstić information content (AvgIpc) is 2.48. The Labute approximate surface area is 112 Å². The Morgan fingerprint density at radius 3 is 1.94 bits per heavy atom. The molecule has 4 heteroatoms. The van der Waals surface area contributed by atoms with Crippen LogP contribution in [-0.4, -0.2) is 18.3 Å². The molecule has 0 N–H and O–H groups in total. The summed E-state index contributed by atoms with van der Waals surface area (Å²) in [5.74, 6) is 0. The standard InChI is InChI=1S/C13H18BBrO2/c1-12(2)13(3,4)17-14(16-12)11(15)10-8-6-5-7-9-10/h5-9,11H,1-4H3/t11-/m1/s1. The molecule has 1 fully saturated rings. The first kappa shape index (κ1) is 13.1. The molecule has 1 aliphatic heterocycles. The van der Waals surface area contributed by atoms with E-state index in [-0.39, 0.29) is 23.0 Å². The number of halogens is 1. The maximum atomic E-state index is 6.01. The van der Waals surface area contributed by atoms with Gasteiger partial charge in [-0.05, 0) is 33.3 Å². The van der Waals surface area contributed by atoms with E-state index < -0.39 is 0 Å². The first-order valence-corrected chi connectivity index (χ1v) is 6.80. The fraction of sp³-hybridized carbons (Fsp3) is 0.538. The van der Waals surface area contributed by atoms with Crippen molar-refractivity contribution in [3.63, 3.8) is 0 Å². The summed E-state index contributed by atoms with van der Waals surface area (Å²) in [5, 5.41) is 0. The first-order valence-electron chi connectivity index (χ1n) is 5.88. The van der Waals surface area contributed by atoms with Gasteiger partial charge in [0.2, 0.25) is 0 Å². The smallest absolute Gasteiger partial charge is 0.402 e. The van der Waals surface area contributed by atoms with Crippen molar-refractivity contribution in [3.05, 3.63) is 35.9 Å². The van der Waals surface area contributed by atoms with Gasteiger partial charge in [-0.25, -0.2) is 0 Å². The SMILES string of the molecule is CC1(C)OB([C@H](Br)c2ccccc2)OC1(C)C. The van der Waals surface area contributed by atoms with Gasteiger partial charge in [0.25, 0.3) is 0 Å². The van der Waals surface area contributed by atoms with Gasteiger partial charge in [-0.15, -0.1) is 0 Å². The van der Waals surface area contributed by atoms with Crippen LogP contribution in [0.25, 0.3) is 0 Å². The van der Waals surface area contributed by atoms with Gasteiger partial charge in [0, 0.05) is 0 Å². The third kappa shape index (κ3) is 2.44. The van der Waals surface area contributed by atoms with E-state index in [1.54, 1.807) is 0 Å². The van der Waals surface area contributed by atoms with Gasteiger partial charge in [-0.2, -0.15) is 0 Å². The van der Waals surface area contributed by atoms with Crippen molar-refractivity contribution in [1.29, 1.82) is 0 Å². The van der Waals surface area contributed by atoms with Crippen molar-refractivity contribution in [2.24, 2.45) is 0 Å². The maximum Gasteiger partial charge on any atom is 0.477 e. The second-order valence-electron chi connectivity index (χ2n) is 5.44. The van der Waals surface area contributed by atoms with Gasteiger partial charge in [-0.3, -0.25) is 0 Å². The minimum atomic E-state index is -0.279. The largest absolute Gasteiger partial charge is 0.477 e. The normalized spacial score (nSPS) is 23.7. The lowest BCUT2D eigenvalue weighted by atomic mass is 9.80. The Balaban J connectivity index is 2.17. The molecule has 1 heterocycles. The van der Waals surface area contributed by atoms with E-state index in [1.807, 2.05) is 18.2 Å². The van der Waals surface area contributed by atoms with Crippen LogP contribution in [0, 0.1) is 0 Å². The van der Waals surface area contributed by atoms with Crippen LogP contribution in [0.2, 0.25) is 0 Å². The number of benzene rings is 1. The Kier molecular flexibility index (Phi) is 3.41. The minimum absolute atomic E-state index is 0.0600. The molecule has 0 saturated carbocycles. The van der Waals surface area contributed by atoms with E-state index >= 15 is 0 Å². The molecule has 0 amide bonds. The van der Waals surface area contributed by atoms with Gasteiger partial charge < -0.3 is 9.31 Å². The molecular formula is C13H18BBrO2. The van der Waals surface area contributed by atoms with Crippen LogP contribution in [0.4, 0.5) is 0 Å². The molecule has 0 bridgehead atoms. The van der Waals surface area contributed by atoms with Crippen molar-refractivity contribution in [1.82, 2.24) is 0 Å². The summed E-state index contributed by atoms with van der Waals surface area (Å²) in [6.07, 6.45) is 0. The summed E-state index contributed by atoms with van der Waals surface area (Å²) in [6.45, 7) is 8.27. The zero-order chi connectivity index (χ0) is 12.7. The second kappa shape index (κ2) is 4.41. The van der Waals surface area contributed by atoms with Crippen molar-refractivity contribution >= 4 is 23.0 Å². The molecule has 2 nitrogen and oxygen atoms in total. The Bertz CT molecular complexity index is 376. The highest BCUT2D eigenvalue weighted by Crippen LogP contribution is 2.42. The van der Waals surface area contributed by atoms with Crippen molar-refractivity contribution in [3.8, 4) is 0 Å². The van der Waals surface area contributed by atoms with Crippen LogP contribution < -0.4 is 0 Å². The molecule has 17 heavy (non-hydrogen) atoms. The third-order valence-corrected chi connectivity index (χ3v) is 4.59. The number of rotatable bonds is 2. The Morgan fingerprint density at radius 2 is 1.47 bits per heavy atom. The highest BCUT2D eigenvalue weighted by molar-refractivity contribution is 9.09. The molecule has 1 atom stereocenters. The van der Waals surface area contributed by atoms with E-state index in [2.05, 4.69) is 55.8 Å². The highest BCUT2D eigenvalue weighted by Gasteiger charge is 2.53. The lowest BCUT2D eigenvalue weighted by Gasteiger charge is -2.32. The number of hydrogen-bond acceptors (Lipinski definition) is 2. The van der Waals surface area contributed by atoms with Crippen molar-refractivity contribution in [2.75, 3.05) is 0 Å². The zero-order valence-corrected chi connectivity index (χ0v) is 12.3. The lowest BCUT2D eigenvalue weighted by molar-refractivity contribution is 0.00578. The molecule has 1 saturated heterocycles. The van der Waals surface area contributed by atoms with Crippen LogP contribution >= 0.6 is 15.9 Å². The van der Waals surface area contributed by atoms with Crippen LogP contribution in [0.3, 0.4) is 0 Å². The van der Waals surface area contributed by atoms with Crippen LogP contribution in [0.1, 0.15) is 38.0 Å². The van der Waals surface area contributed by atoms with Gasteiger partial charge in [0.15, 0.2) is 0 Å². The fourth-order valence-corrected chi connectivity index (χ4v) is 2.32. The van der Waals surface area contributed by atoms with E-state index in [0.29, 0.717) is 0 Å². The monoisotopic (exact) mass is 296 g/mol. The van der Waals surface area contributed by atoms with Crippen LogP contribution in [0.15, 0.2) is 30.3 Å². The summed E-state index contributed by atoms with van der Waals surface area (Å²) >= 11 is 3.67. The van der Waals surface area contributed by atoms with Crippen LogP contribution in [0.5, 0.6) is 0 Å². The number of alkyl halides is 1. The van der Waals surface area contributed by atoms with Crippen LogP contribution in [-0.2, 0) is 9.31 Å². The average molecular weight is 297 g/mol. The topological polar surface area (TPSA) is 18.5 Å². The summed E-state index contributed by atoms with van der Waals surface area (Å²) < 4.78 is 12.1. The van der Waals surface area contributed by atoms with Gasteiger partial charge in [0.05, 0.1) is 15.9 Å². The molecule has 0 aliphatic carbocycles. The fourth-order valence-electron chi connectivity index (χ4n) is 1.80. The lowest BCUT2D eigenvalue weighted by Crippen LogP contribution is -2.41. The van der Waals surface area contributed by atoms with E-state index in [1.165, 1.54) is 5.56 Å². The molecule has 2 rings (SSSR count). The summed E-state index contributed by atoms with van der Waals surface area (Å²) in [7, 11) is -0.248. The molecule has 0 unspecified atom stereocenters. The molecule has 0 aromatic heterocycles. The Morgan fingerprint density at radius 1 is 1.00 bits per heavy atom. The summed E-state index contributed by atoms with van der Waals surface area (Å²) in [6, 6.07) is 10.2. The predicted molar refractivity (Wildman–Crippen MR) is 74.2 cm³/mol. The molecule has 92 valence electrons. The van der Waals surface area contributed by atoms with E-state index in [4.69, 9.17) is 9.31 Å². The molecule has 0 radical (unpaired) electrons.